The van der Waals surface area contributed by atoms with Crippen molar-refractivity contribution in [2.75, 3.05) is 5.75 Å². The van der Waals surface area contributed by atoms with Crippen LogP contribution < -0.4 is 0 Å². The Balaban J connectivity index is 1.62. The van der Waals surface area contributed by atoms with Crippen LogP contribution in [0.25, 0.3) is 0 Å². The van der Waals surface area contributed by atoms with Gasteiger partial charge in [0, 0.05) is 19.5 Å². The van der Waals surface area contributed by atoms with E-state index in [0.717, 1.165) is 11.1 Å². The third-order valence-corrected chi connectivity index (χ3v) is 5.61. The Bertz CT molecular complexity index is 760. The minimum Gasteiger partial charge on any atom is -0.334 e. The average molecular weight is 315 g/mol. The highest BCUT2D eigenvalue weighted by atomic mass is 32.2. The molecule has 0 fully saturated rings. The van der Waals surface area contributed by atoms with E-state index in [-0.39, 0.29) is 23.0 Å². The maximum Gasteiger partial charge on any atom is 0.224 e. The topological polar surface area (TPSA) is 54.5 Å². The SMILES string of the molecule is O=C(CCS(=O)(=O)c1ccccc1)N1Cc2ccccc2C1. The van der Waals surface area contributed by atoms with Gasteiger partial charge in [0.15, 0.2) is 9.84 Å². The van der Waals surface area contributed by atoms with E-state index < -0.39 is 9.84 Å². The van der Waals surface area contributed by atoms with Gasteiger partial charge in [-0.05, 0) is 23.3 Å². The molecular weight excluding hydrogens is 298 g/mol. The number of carbonyl (C=O) groups is 1. The number of rotatable bonds is 4. The number of fused-ring (bicyclic) bond motifs is 1. The monoisotopic (exact) mass is 315 g/mol. The summed E-state index contributed by atoms with van der Waals surface area (Å²) in [7, 11) is -3.40. The third kappa shape index (κ3) is 3.04. The van der Waals surface area contributed by atoms with Crippen molar-refractivity contribution < 1.29 is 13.2 Å². The van der Waals surface area contributed by atoms with E-state index in [1.165, 1.54) is 0 Å². The summed E-state index contributed by atoms with van der Waals surface area (Å²) in [4.78, 5) is 14.2. The molecule has 5 heteroatoms. The first-order valence-electron chi connectivity index (χ1n) is 7.19. The molecule has 0 aliphatic carbocycles. The maximum absolute atomic E-state index is 12.3. The molecule has 1 heterocycles. The van der Waals surface area contributed by atoms with E-state index >= 15 is 0 Å². The fraction of sp³-hybridized carbons (Fsp3) is 0.235. The Kier molecular flexibility index (Phi) is 3.98. The molecule has 1 amide bonds. The van der Waals surface area contributed by atoms with E-state index in [0.29, 0.717) is 13.1 Å². The summed E-state index contributed by atoms with van der Waals surface area (Å²) in [6.07, 6.45) is 0.0191. The van der Waals surface area contributed by atoms with Gasteiger partial charge in [-0.3, -0.25) is 4.79 Å². The first kappa shape index (κ1) is 14.8. The van der Waals surface area contributed by atoms with Crippen LogP contribution in [0.1, 0.15) is 17.5 Å². The molecule has 1 aliphatic heterocycles. The highest BCUT2D eigenvalue weighted by Gasteiger charge is 2.24. The van der Waals surface area contributed by atoms with Crippen LogP contribution >= 0.6 is 0 Å². The lowest BCUT2D eigenvalue weighted by molar-refractivity contribution is -0.131. The lowest BCUT2D eigenvalue weighted by Gasteiger charge is -2.15. The molecule has 3 rings (SSSR count). The first-order valence-corrected chi connectivity index (χ1v) is 8.84. The molecule has 0 atom stereocenters. The second-order valence-corrected chi connectivity index (χ2v) is 7.51. The smallest absolute Gasteiger partial charge is 0.224 e. The first-order chi connectivity index (χ1) is 10.6. The minimum absolute atomic E-state index is 0.0191. The highest BCUT2D eigenvalue weighted by molar-refractivity contribution is 7.91. The van der Waals surface area contributed by atoms with Crippen LogP contribution in [0.15, 0.2) is 59.5 Å². The van der Waals surface area contributed by atoms with Crippen LogP contribution in [0.5, 0.6) is 0 Å². The summed E-state index contributed by atoms with van der Waals surface area (Å²) in [5.74, 6) is -0.265. The molecule has 0 spiro atoms. The number of hydrogen-bond donors (Lipinski definition) is 0. The molecule has 0 saturated carbocycles. The molecule has 2 aromatic rings. The normalized spacial score (nSPS) is 13.9. The molecule has 22 heavy (non-hydrogen) atoms. The summed E-state index contributed by atoms with van der Waals surface area (Å²) in [6, 6.07) is 16.2. The summed E-state index contributed by atoms with van der Waals surface area (Å²) in [5.41, 5.74) is 2.28. The van der Waals surface area contributed by atoms with Gasteiger partial charge in [0.1, 0.15) is 0 Å². The van der Waals surface area contributed by atoms with Crippen molar-refractivity contribution in [1.82, 2.24) is 4.90 Å². The van der Waals surface area contributed by atoms with Crippen molar-refractivity contribution in [2.45, 2.75) is 24.4 Å². The van der Waals surface area contributed by atoms with Crippen molar-refractivity contribution in [2.24, 2.45) is 0 Å². The molecular formula is C17H17NO3S. The number of hydrogen-bond acceptors (Lipinski definition) is 3. The fourth-order valence-corrected chi connectivity index (χ4v) is 3.89. The van der Waals surface area contributed by atoms with Gasteiger partial charge in [-0.25, -0.2) is 8.42 Å². The second-order valence-electron chi connectivity index (χ2n) is 5.40. The van der Waals surface area contributed by atoms with E-state index in [4.69, 9.17) is 0 Å². The Morgan fingerprint density at radius 1 is 0.909 bits per heavy atom. The van der Waals surface area contributed by atoms with Gasteiger partial charge >= 0.3 is 0 Å². The van der Waals surface area contributed by atoms with Gasteiger partial charge in [-0.1, -0.05) is 42.5 Å². The van der Waals surface area contributed by atoms with Crippen molar-refractivity contribution in [1.29, 1.82) is 0 Å². The van der Waals surface area contributed by atoms with Gasteiger partial charge in [-0.2, -0.15) is 0 Å². The molecule has 0 aromatic heterocycles. The summed E-state index contributed by atoms with van der Waals surface area (Å²) >= 11 is 0. The summed E-state index contributed by atoms with van der Waals surface area (Å²) in [5, 5.41) is 0. The largest absolute Gasteiger partial charge is 0.334 e. The number of carbonyl (C=O) groups excluding carboxylic acids is 1. The Hall–Kier alpha value is -2.14. The molecule has 0 N–H and O–H groups in total. The summed E-state index contributed by atoms with van der Waals surface area (Å²) in [6.45, 7) is 1.14. The molecule has 1 aliphatic rings. The van der Waals surface area contributed by atoms with E-state index in [1.54, 1.807) is 35.2 Å². The van der Waals surface area contributed by atoms with Crippen LogP contribution in [0, 0.1) is 0 Å². The van der Waals surface area contributed by atoms with Crippen molar-refractivity contribution >= 4 is 15.7 Å². The average Bonchev–Trinajstić information content (AvgIpc) is 2.98. The predicted octanol–water partition coefficient (Wildman–Crippen LogP) is 2.39. The lowest BCUT2D eigenvalue weighted by atomic mass is 10.1. The maximum atomic E-state index is 12.3. The number of benzene rings is 2. The predicted molar refractivity (Wildman–Crippen MR) is 83.8 cm³/mol. The fourth-order valence-electron chi connectivity index (χ4n) is 2.63. The Morgan fingerprint density at radius 2 is 1.45 bits per heavy atom. The molecule has 4 nitrogen and oxygen atoms in total. The van der Waals surface area contributed by atoms with Crippen LogP contribution in [-0.2, 0) is 27.7 Å². The molecule has 114 valence electrons. The lowest BCUT2D eigenvalue weighted by Crippen LogP contribution is -2.27. The van der Waals surface area contributed by atoms with E-state index in [2.05, 4.69) is 0 Å². The molecule has 0 bridgehead atoms. The quantitative estimate of drug-likeness (QED) is 0.870. The zero-order valence-corrected chi connectivity index (χ0v) is 12.9. The minimum atomic E-state index is -3.40. The van der Waals surface area contributed by atoms with Gasteiger partial charge in [-0.15, -0.1) is 0 Å². The van der Waals surface area contributed by atoms with Crippen LogP contribution in [0.3, 0.4) is 0 Å². The molecule has 0 saturated heterocycles. The van der Waals surface area contributed by atoms with Crippen molar-refractivity contribution in [3.8, 4) is 0 Å². The highest BCUT2D eigenvalue weighted by Crippen LogP contribution is 2.23. The number of nitrogens with zero attached hydrogens (tertiary/aromatic N) is 1. The summed E-state index contributed by atoms with van der Waals surface area (Å²) < 4.78 is 24.4. The van der Waals surface area contributed by atoms with Gasteiger partial charge < -0.3 is 4.90 Å². The van der Waals surface area contributed by atoms with Crippen LogP contribution in [0.4, 0.5) is 0 Å². The second kappa shape index (κ2) is 5.93. The zero-order chi connectivity index (χ0) is 15.6. The third-order valence-electron chi connectivity index (χ3n) is 3.88. The van der Waals surface area contributed by atoms with Crippen molar-refractivity contribution in [3.05, 3.63) is 65.7 Å². The standard InChI is InChI=1S/C17H17NO3S/c19-17(18-12-14-6-4-5-7-15(14)13-18)10-11-22(20,21)16-8-2-1-3-9-16/h1-9H,10-13H2. The van der Waals surface area contributed by atoms with Gasteiger partial charge in [0.25, 0.3) is 0 Å². The number of amides is 1. The Morgan fingerprint density at radius 3 is 2.05 bits per heavy atom. The van der Waals surface area contributed by atoms with Crippen LogP contribution in [0.2, 0.25) is 0 Å². The van der Waals surface area contributed by atoms with E-state index in [9.17, 15) is 13.2 Å². The zero-order valence-electron chi connectivity index (χ0n) is 12.1. The molecule has 2 aromatic carbocycles. The van der Waals surface area contributed by atoms with E-state index in [1.807, 2.05) is 24.3 Å². The van der Waals surface area contributed by atoms with Crippen molar-refractivity contribution in [3.63, 3.8) is 0 Å². The van der Waals surface area contributed by atoms with Crippen LogP contribution in [-0.4, -0.2) is 25.0 Å². The Labute approximate surface area is 130 Å². The van der Waals surface area contributed by atoms with Gasteiger partial charge in [0.2, 0.25) is 5.91 Å². The molecule has 0 unspecified atom stereocenters. The van der Waals surface area contributed by atoms with Gasteiger partial charge in [0.05, 0.1) is 10.6 Å². The number of sulfone groups is 1. The molecule has 0 radical (unpaired) electrons.